The summed E-state index contributed by atoms with van der Waals surface area (Å²) in [6.45, 7) is 4.34. The van der Waals surface area contributed by atoms with Crippen molar-refractivity contribution in [3.63, 3.8) is 0 Å². The molecule has 0 spiro atoms. The number of carbonyl (C=O) groups excluding carboxylic acids is 2. The Hall–Kier alpha value is -4.83. The summed E-state index contributed by atoms with van der Waals surface area (Å²) in [6, 6.07) is 26.8. The van der Waals surface area contributed by atoms with Crippen LogP contribution < -0.4 is 14.4 Å². The second-order valence-corrected chi connectivity index (χ2v) is 12.6. The average Bonchev–Trinajstić information content (AvgIpc) is 3.03. The largest absolute Gasteiger partial charge is 0.495 e. The molecule has 4 aromatic carbocycles. The average molecular weight is 613 g/mol. The van der Waals surface area contributed by atoms with Gasteiger partial charge >= 0.3 is 0 Å². The van der Waals surface area contributed by atoms with Gasteiger partial charge in [-0.3, -0.25) is 14.3 Å². The summed E-state index contributed by atoms with van der Waals surface area (Å²) in [6.07, 6.45) is 0. The Balaban J connectivity index is 1.33. The Morgan fingerprint density at radius 3 is 2.18 bits per heavy atom. The van der Waals surface area contributed by atoms with Crippen LogP contribution in [0.1, 0.15) is 26.3 Å². The van der Waals surface area contributed by atoms with Crippen LogP contribution in [0.5, 0.6) is 5.75 Å². The number of sulfonamides is 1. The van der Waals surface area contributed by atoms with Crippen LogP contribution in [-0.2, 0) is 10.0 Å². The zero-order chi connectivity index (χ0) is 31.4. The molecule has 2 amide bonds. The molecule has 1 aliphatic rings. The molecule has 0 aliphatic carbocycles. The number of carbonyl (C=O) groups is 2. The SMILES string of the molecule is COc1ccc(-c2cccc(C(=O)N(C)C)c2)cc1S(=O)(=O)Nc1cccc(N2CCN(C(=O)c3cccc(C)c3)CC2)c1. The molecule has 1 heterocycles. The third-order valence-corrected chi connectivity index (χ3v) is 9.00. The Bertz CT molecular complexity index is 1800. The number of methoxy groups -OCH3 is 1. The fourth-order valence-corrected chi connectivity index (χ4v) is 6.51. The normalized spacial score (nSPS) is 13.4. The van der Waals surface area contributed by atoms with E-state index in [0.29, 0.717) is 54.1 Å². The lowest BCUT2D eigenvalue weighted by Gasteiger charge is -2.36. The van der Waals surface area contributed by atoms with E-state index in [2.05, 4.69) is 9.62 Å². The molecule has 5 rings (SSSR count). The molecule has 0 unspecified atom stereocenters. The molecule has 1 saturated heterocycles. The van der Waals surface area contributed by atoms with Gasteiger partial charge in [-0.05, 0) is 72.6 Å². The highest BCUT2D eigenvalue weighted by Gasteiger charge is 2.24. The van der Waals surface area contributed by atoms with E-state index in [-0.39, 0.29) is 22.5 Å². The van der Waals surface area contributed by atoms with Crippen LogP contribution in [0.25, 0.3) is 11.1 Å². The van der Waals surface area contributed by atoms with E-state index in [4.69, 9.17) is 4.74 Å². The first-order chi connectivity index (χ1) is 21.1. The molecule has 1 N–H and O–H groups in total. The van der Waals surface area contributed by atoms with Crippen molar-refractivity contribution in [3.8, 4) is 16.9 Å². The molecule has 0 aromatic heterocycles. The second-order valence-electron chi connectivity index (χ2n) is 11.0. The number of anilines is 2. The predicted octanol–water partition coefficient (Wildman–Crippen LogP) is 5.14. The van der Waals surface area contributed by atoms with Gasteiger partial charge in [0.05, 0.1) is 12.8 Å². The highest BCUT2D eigenvalue weighted by atomic mass is 32.2. The van der Waals surface area contributed by atoms with E-state index in [1.165, 1.54) is 12.0 Å². The van der Waals surface area contributed by atoms with Crippen LogP contribution in [0, 0.1) is 6.92 Å². The minimum absolute atomic E-state index is 0.0158. The van der Waals surface area contributed by atoms with E-state index in [0.717, 1.165) is 11.3 Å². The van der Waals surface area contributed by atoms with Gasteiger partial charge in [0.1, 0.15) is 10.6 Å². The maximum absolute atomic E-state index is 13.7. The van der Waals surface area contributed by atoms with E-state index in [1.807, 2.05) is 48.2 Å². The summed E-state index contributed by atoms with van der Waals surface area (Å²) in [4.78, 5) is 30.9. The minimum Gasteiger partial charge on any atom is -0.495 e. The lowest BCUT2D eigenvalue weighted by atomic mass is 10.0. The summed E-state index contributed by atoms with van der Waals surface area (Å²) in [5.74, 6) is 0.0726. The number of amides is 2. The molecule has 0 radical (unpaired) electrons. The number of nitrogens with one attached hydrogen (secondary N) is 1. The van der Waals surface area contributed by atoms with Gasteiger partial charge in [0, 0.05) is 57.1 Å². The topological polar surface area (TPSA) is 99.3 Å². The summed E-state index contributed by atoms with van der Waals surface area (Å²) in [5, 5.41) is 0. The summed E-state index contributed by atoms with van der Waals surface area (Å²) in [5.41, 5.74) is 4.84. The van der Waals surface area contributed by atoms with Gasteiger partial charge in [0.25, 0.3) is 21.8 Å². The van der Waals surface area contributed by atoms with E-state index in [1.54, 1.807) is 68.7 Å². The Morgan fingerprint density at radius 1 is 0.795 bits per heavy atom. The van der Waals surface area contributed by atoms with Crippen molar-refractivity contribution in [1.82, 2.24) is 9.80 Å². The molecule has 10 heteroatoms. The van der Waals surface area contributed by atoms with Crippen molar-refractivity contribution in [1.29, 1.82) is 0 Å². The van der Waals surface area contributed by atoms with E-state index < -0.39 is 10.0 Å². The van der Waals surface area contributed by atoms with Gasteiger partial charge in [0.15, 0.2) is 0 Å². The van der Waals surface area contributed by atoms with Crippen molar-refractivity contribution < 1.29 is 22.7 Å². The van der Waals surface area contributed by atoms with Crippen molar-refractivity contribution >= 4 is 33.2 Å². The van der Waals surface area contributed by atoms with Gasteiger partial charge in [-0.15, -0.1) is 0 Å². The number of piperazine rings is 1. The molecule has 44 heavy (non-hydrogen) atoms. The number of hydrogen-bond acceptors (Lipinski definition) is 6. The molecule has 0 atom stereocenters. The molecule has 9 nitrogen and oxygen atoms in total. The fourth-order valence-electron chi connectivity index (χ4n) is 5.26. The first-order valence-corrected chi connectivity index (χ1v) is 15.8. The number of nitrogens with zero attached hydrogens (tertiary/aromatic N) is 3. The van der Waals surface area contributed by atoms with Crippen LogP contribution in [0.2, 0.25) is 0 Å². The van der Waals surface area contributed by atoms with Crippen molar-refractivity contribution in [2.24, 2.45) is 0 Å². The van der Waals surface area contributed by atoms with Crippen LogP contribution in [-0.4, -0.2) is 77.4 Å². The number of aryl methyl sites for hydroxylation is 1. The summed E-state index contributed by atoms with van der Waals surface area (Å²) in [7, 11) is 0.739. The number of hydrogen-bond donors (Lipinski definition) is 1. The molecule has 1 fully saturated rings. The predicted molar refractivity (Wildman–Crippen MR) is 173 cm³/mol. The van der Waals surface area contributed by atoms with E-state index >= 15 is 0 Å². The van der Waals surface area contributed by atoms with Crippen molar-refractivity contribution in [2.75, 3.05) is 57.0 Å². The van der Waals surface area contributed by atoms with Crippen LogP contribution in [0.15, 0.2) is 95.9 Å². The lowest BCUT2D eigenvalue weighted by Crippen LogP contribution is -2.48. The third kappa shape index (κ3) is 6.70. The molecule has 0 saturated carbocycles. The minimum atomic E-state index is -4.05. The zero-order valence-corrected chi connectivity index (χ0v) is 26.1. The molecule has 228 valence electrons. The Morgan fingerprint density at radius 2 is 1.48 bits per heavy atom. The van der Waals surface area contributed by atoms with E-state index in [9.17, 15) is 18.0 Å². The number of benzene rings is 4. The quantitative estimate of drug-likeness (QED) is 0.296. The van der Waals surface area contributed by atoms with Gasteiger partial charge in [-0.25, -0.2) is 8.42 Å². The third-order valence-electron chi connectivity index (χ3n) is 7.60. The molecular weight excluding hydrogens is 576 g/mol. The highest BCUT2D eigenvalue weighted by Crippen LogP contribution is 2.32. The molecule has 0 bridgehead atoms. The Kier molecular flexibility index (Phi) is 8.91. The van der Waals surface area contributed by atoms with Gasteiger partial charge in [-0.2, -0.15) is 0 Å². The standard InChI is InChI=1S/C34H36N4O5S/c1-24-8-5-10-27(20-24)34(40)38-18-16-37(17-19-38)30-13-7-12-29(23-30)35-44(41,42)32-22-26(14-15-31(32)43-4)25-9-6-11-28(21-25)33(39)36(2)3/h5-15,20-23,35H,16-19H2,1-4H3. The van der Waals surface area contributed by atoms with Gasteiger partial charge in [0.2, 0.25) is 0 Å². The molecule has 4 aromatic rings. The number of rotatable bonds is 8. The Labute approximate surface area is 258 Å². The van der Waals surface area contributed by atoms with Crippen molar-refractivity contribution in [3.05, 3.63) is 108 Å². The smallest absolute Gasteiger partial charge is 0.265 e. The summed E-state index contributed by atoms with van der Waals surface area (Å²) >= 11 is 0. The first-order valence-electron chi connectivity index (χ1n) is 14.3. The molecular formula is C34H36N4O5S. The van der Waals surface area contributed by atoms with Gasteiger partial charge in [-0.1, -0.05) is 42.0 Å². The zero-order valence-electron chi connectivity index (χ0n) is 25.3. The van der Waals surface area contributed by atoms with Crippen LogP contribution >= 0.6 is 0 Å². The van der Waals surface area contributed by atoms with Crippen LogP contribution in [0.3, 0.4) is 0 Å². The lowest BCUT2D eigenvalue weighted by molar-refractivity contribution is 0.0746. The van der Waals surface area contributed by atoms with Crippen LogP contribution in [0.4, 0.5) is 11.4 Å². The maximum atomic E-state index is 13.7. The molecule has 1 aliphatic heterocycles. The second kappa shape index (κ2) is 12.8. The summed E-state index contributed by atoms with van der Waals surface area (Å²) < 4.78 is 35.5. The van der Waals surface area contributed by atoms with Crippen molar-refractivity contribution in [2.45, 2.75) is 11.8 Å². The number of ether oxygens (including phenoxy) is 1. The van der Waals surface area contributed by atoms with Gasteiger partial charge < -0.3 is 19.4 Å². The first kappa shape index (κ1) is 30.6. The highest BCUT2D eigenvalue weighted by molar-refractivity contribution is 7.92. The monoisotopic (exact) mass is 612 g/mol. The maximum Gasteiger partial charge on any atom is 0.265 e. The fraction of sp³-hybridized carbons (Fsp3) is 0.235.